The maximum absolute atomic E-state index is 12.4. The minimum absolute atomic E-state index is 0.339. The van der Waals surface area contributed by atoms with Gasteiger partial charge in [-0.1, -0.05) is 6.07 Å². The molecule has 34 heavy (non-hydrogen) atoms. The number of benzene rings is 1. The van der Waals surface area contributed by atoms with Crippen molar-refractivity contribution < 1.29 is 23.8 Å². The predicted molar refractivity (Wildman–Crippen MR) is 126 cm³/mol. The zero-order chi connectivity index (χ0) is 24.7. The molecule has 10 heteroatoms. The molecule has 0 unspecified atom stereocenters. The summed E-state index contributed by atoms with van der Waals surface area (Å²) in [5, 5.41) is 7.03. The molecule has 0 atom stereocenters. The number of carbonyl (C=O) groups excluding carboxylic acids is 2. The second kappa shape index (κ2) is 11.1. The van der Waals surface area contributed by atoms with Gasteiger partial charge >= 0.3 is 5.97 Å². The smallest absolute Gasteiger partial charge is 0.331 e. The molecule has 2 heterocycles. The fourth-order valence-corrected chi connectivity index (χ4v) is 3.13. The standard InChI is InChI=1S/C24H27N5O5/c1-6-33-19-9-7-18(13-20(19)32-5)8-10-23(31)34-14-22(30)27-21-12-17(4)28-29(21)24-25-15(2)11-16(3)26-24/h7-13H,6,14H2,1-5H3,(H,27,30)/b10-8+. The average molecular weight is 466 g/mol. The first-order chi connectivity index (χ1) is 16.3. The van der Waals surface area contributed by atoms with E-state index in [1.54, 1.807) is 37.3 Å². The first-order valence-electron chi connectivity index (χ1n) is 10.6. The van der Waals surface area contributed by atoms with Crippen molar-refractivity contribution in [2.24, 2.45) is 0 Å². The topological polar surface area (TPSA) is 117 Å². The number of hydrogen-bond donors (Lipinski definition) is 1. The third-order valence-corrected chi connectivity index (χ3v) is 4.50. The SMILES string of the molecule is CCOc1ccc(/C=C/C(=O)OCC(=O)Nc2cc(C)nn2-c2nc(C)cc(C)n2)cc1OC. The van der Waals surface area contributed by atoms with Gasteiger partial charge in [0.25, 0.3) is 11.9 Å². The number of ether oxygens (including phenoxy) is 3. The summed E-state index contributed by atoms with van der Waals surface area (Å²) in [5.74, 6) is 0.700. The van der Waals surface area contributed by atoms with E-state index in [4.69, 9.17) is 14.2 Å². The van der Waals surface area contributed by atoms with Crippen molar-refractivity contribution in [2.75, 3.05) is 25.6 Å². The highest BCUT2D eigenvalue weighted by Gasteiger charge is 2.14. The number of nitrogens with one attached hydrogen (secondary N) is 1. The molecule has 0 spiro atoms. The van der Waals surface area contributed by atoms with E-state index in [-0.39, 0.29) is 0 Å². The lowest BCUT2D eigenvalue weighted by Gasteiger charge is -2.09. The van der Waals surface area contributed by atoms with Crippen molar-refractivity contribution in [1.29, 1.82) is 0 Å². The molecule has 1 aromatic carbocycles. The second-order valence-electron chi connectivity index (χ2n) is 7.37. The second-order valence-corrected chi connectivity index (χ2v) is 7.37. The van der Waals surface area contributed by atoms with Crippen LogP contribution in [0.25, 0.3) is 12.0 Å². The maximum Gasteiger partial charge on any atom is 0.331 e. The monoisotopic (exact) mass is 465 g/mol. The summed E-state index contributed by atoms with van der Waals surface area (Å²) in [6, 6.07) is 8.79. The number of anilines is 1. The summed E-state index contributed by atoms with van der Waals surface area (Å²) in [6.07, 6.45) is 2.80. The van der Waals surface area contributed by atoms with E-state index < -0.39 is 18.5 Å². The molecule has 0 saturated carbocycles. The Morgan fingerprint density at radius 1 is 1.03 bits per heavy atom. The van der Waals surface area contributed by atoms with Crippen LogP contribution in [0.2, 0.25) is 0 Å². The van der Waals surface area contributed by atoms with Crippen LogP contribution in [0, 0.1) is 20.8 Å². The lowest BCUT2D eigenvalue weighted by Crippen LogP contribution is -2.22. The Morgan fingerprint density at radius 3 is 2.44 bits per heavy atom. The van der Waals surface area contributed by atoms with Gasteiger partial charge in [-0.3, -0.25) is 4.79 Å². The third-order valence-electron chi connectivity index (χ3n) is 4.50. The minimum Gasteiger partial charge on any atom is -0.493 e. The number of carbonyl (C=O) groups is 2. The van der Waals surface area contributed by atoms with Crippen molar-refractivity contribution in [3.8, 4) is 17.4 Å². The highest BCUT2D eigenvalue weighted by atomic mass is 16.5. The quantitative estimate of drug-likeness (QED) is 0.378. The van der Waals surface area contributed by atoms with Crippen LogP contribution in [0.5, 0.6) is 11.5 Å². The molecule has 0 aliphatic heterocycles. The molecule has 0 saturated heterocycles. The van der Waals surface area contributed by atoms with Gasteiger partial charge in [0.15, 0.2) is 18.1 Å². The van der Waals surface area contributed by atoms with Gasteiger partial charge in [-0.15, -0.1) is 0 Å². The van der Waals surface area contributed by atoms with Crippen LogP contribution in [0.15, 0.2) is 36.4 Å². The number of methoxy groups -OCH3 is 1. The van der Waals surface area contributed by atoms with Crippen molar-refractivity contribution in [2.45, 2.75) is 27.7 Å². The molecule has 0 aliphatic carbocycles. The fraction of sp³-hybridized carbons (Fsp3) is 0.292. The van der Waals surface area contributed by atoms with Gasteiger partial charge in [-0.2, -0.15) is 9.78 Å². The number of aryl methyl sites for hydroxylation is 3. The highest BCUT2D eigenvalue weighted by Crippen LogP contribution is 2.28. The molecule has 3 rings (SSSR count). The lowest BCUT2D eigenvalue weighted by molar-refractivity contribution is -0.142. The molecule has 0 fully saturated rings. The predicted octanol–water partition coefficient (Wildman–Crippen LogP) is 3.19. The minimum atomic E-state index is -0.662. The van der Waals surface area contributed by atoms with Crippen molar-refractivity contribution >= 4 is 23.8 Å². The Hall–Kier alpha value is -4.21. The van der Waals surface area contributed by atoms with Crippen LogP contribution in [-0.4, -0.2) is 51.9 Å². The van der Waals surface area contributed by atoms with Gasteiger partial charge in [0.1, 0.15) is 5.82 Å². The number of hydrogen-bond acceptors (Lipinski definition) is 8. The lowest BCUT2D eigenvalue weighted by atomic mass is 10.2. The van der Waals surface area contributed by atoms with Crippen molar-refractivity contribution in [3.05, 3.63) is 59.1 Å². The van der Waals surface area contributed by atoms with Crippen LogP contribution < -0.4 is 14.8 Å². The first-order valence-corrected chi connectivity index (χ1v) is 10.6. The van der Waals surface area contributed by atoms with E-state index in [1.807, 2.05) is 26.8 Å². The van der Waals surface area contributed by atoms with Gasteiger partial charge in [0.05, 0.1) is 19.4 Å². The fourth-order valence-electron chi connectivity index (χ4n) is 3.13. The van der Waals surface area contributed by atoms with Crippen LogP contribution >= 0.6 is 0 Å². The van der Waals surface area contributed by atoms with E-state index in [1.165, 1.54) is 17.9 Å². The normalized spacial score (nSPS) is 10.9. The summed E-state index contributed by atoms with van der Waals surface area (Å²) >= 11 is 0. The van der Waals surface area contributed by atoms with Gasteiger partial charge in [-0.05, 0) is 57.5 Å². The largest absolute Gasteiger partial charge is 0.493 e. The molecule has 0 aliphatic rings. The van der Waals surface area contributed by atoms with Crippen molar-refractivity contribution in [1.82, 2.24) is 19.7 Å². The molecule has 1 N–H and O–H groups in total. The number of aromatic nitrogens is 4. The van der Waals surface area contributed by atoms with E-state index in [0.717, 1.165) is 17.0 Å². The summed E-state index contributed by atoms with van der Waals surface area (Å²) in [7, 11) is 1.54. The zero-order valence-electron chi connectivity index (χ0n) is 19.8. The summed E-state index contributed by atoms with van der Waals surface area (Å²) in [5.41, 5.74) is 2.94. The van der Waals surface area contributed by atoms with Crippen LogP contribution in [-0.2, 0) is 14.3 Å². The van der Waals surface area contributed by atoms with E-state index >= 15 is 0 Å². The summed E-state index contributed by atoms with van der Waals surface area (Å²) < 4.78 is 17.3. The highest BCUT2D eigenvalue weighted by molar-refractivity contribution is 5.94. The Morgan fingerprint density at radius 2 is 1.76 bits per heavy atom. The van der Waals surface area contributed by atoms with E-state index in [9.17, 15) is 9.59 Å². The summed E-state index contributed by atoms with van der Waals surface area (Å²) in [4.78, 5) is 33.2. The first kappa shape index (κ1) is 24.4. The number of nitrogens with zero attached hydrogens (tertiary/aromatic N) is 4. The molecule has 0 bridgehead atoms. The number of rotatable bonds is 9. The average Bonchev–Trinajstić information content (AvgIpc) is 3.16. The van der Waals surface area contributed by atoms with Crippen LogP contribution in [0.4, 0.5) is 5.82 Å². The van der Waals surface area contributed by atoms with Gasteiger partial charge in [0, 0.05) is 23.5 Å². The Bertz CT molecular complexity index is 1200. The Balaban J connectivity index is 1.60. The molecule has 10 nitrogen and oxygen atoms in total. The van der Waals surface area contributed by atoms with Gasteiger partial charge in [-0.25, -0.2) is 14.8 Å². The van der Waals surface area contributed by atoms with Gasteiger partial charge in [0.2, 0.25) is 0 Å². The molecule has 0 radical (unpaired) electrons. The zero-order valence-corrected chi connectivity index (χ0v) is 19.8. The van der Waals surface area contributed by atoms with Crippen molar-refractivity contribution in [3.63, 3.8) is 0 Å². The number of esters is 1. The third kappa shape index (κ3) is 6.41. The van der Waals surface area contributed by atoms with Crippen LogP contribution in [0.3, 0.4) is 0 Å². The number of amides is 1. The molecule has 3 aromatic rings. The molecule has 1 amide bonds. The van der Waals surface area contributed by atoms with Crippen LogP contribution in [0.1, 0.15) is 29.6 Å². The molecular formula is C24H27N5O5. The van der Waals surface area contributed by atoms with Gasteiger partial charge < -0.3 is 19.5 Å². The molecule has 178 valence electrons. The molecule has 2 aromatic heterocycles. The Labute approximate surface area is 197 Å². The van der Waals surface area contributed by atoms with E-state index in [0.29, 0.717) is 35.6 Å². The summed E-state index contributed by atoms with van der Waals surface area (Å²) in [6.45, 7) is 7.42. The molecular weight excluding hydrogens is 438 g/mol. The Kier molecular flexibility index (Phi) is 7.96. The maximum atomic E-state index is 12.4. The van der Waals surface area contributed by atoms with E-state index in [2.05, 4.69) is 20.4 Å².